The quantitative estimate of drug-likeness (QED) is 0.387. The molecule has 0 saturated heterocycles. The number of H-pyrrole nitrogens is 1. The number of pyridine rings is 2. The molecule has 2 aromatic carbocycles. The summed E-state index contributed by atoms with van der Waals surface area (Å²) < 4.78 is 48.7. The number of ether oxygens (including phenoxy) is 1. The Kier molecular flexibility index (Phi) is 4.82. The molecule has 4 aromatic heterocycles. The number of benzene rings is 2. The minimum atomic E-state index is -4.68. The monoisotopic (exact) mass is 490 g/mol. The van der Waals surface area contributed by atoms with Gasteiger partial charge in [0.05, 0.1) is 31.1 Å². The largest absolute Gasteiger partial charge is 0.497 e. The van der Waals surface area contributed by atoms with Crippen LogP contribution in [0.3, 0.4) is 0 Å². The molecule has 0 unspecified atom stereocenters. The van der Waals surface area contributed by atoms with E-state index in [1.54, 1.807) is 36.2 Å². The molecule has 0 radical (unpaired) electrons. The lowest BCUT2D eigenvalue weighted by Gasteiger charge is -2.13. The summed E-state index contributed by atoms with van der Waals surface area (Å²) in [4.78, 5) is 17.6. The van der Waals surface area contributed by atoms with E-state index in [9.17, 15) is 18.0 Å². The van der Waals surface area contributed by atoms with Crippen LogP contribution in [0.25, 0.3) is 38.5 Å². The van der Waals surface area contributed by atoms with Crippen molar-refractivity contribution in [2.75, 3.05) is 7.11 Å². The third-order valence-corrected chi connectivity index (χ3v) is 6.04. The molecule has 0 aliphatic carbocycles. The second kappa shape index (κ2) is 7.94. The molecule has 0 fully saturated rings. The highest BCUT2D eigenvalue weighted by molar-refractivity contribution is 6.04. The molecule has 1 N–H and O–H groups in total. The van der Waals surface area contributed by atoms with Gasteiger partial charge in [0.15, 0.2) is 5.52 Å². The Labute approximate surface area is 200 Å². The average Bonchev–Trinajstić information content (AvgIpc) is 3.52. The molecule has 6 rings (SSSR count). The van der Waals surface area contributed by atoms with Crippen LogP contribution in [0.2, 0.25) is 0 Å². The second-order valence-corrected chi connectivity index (χ2v) is 8.25. The molecule has 0 saturated carbocycles. The van der Waals surface area contributed by atoms with Crippen molar-refractivity contribution < 1.29 is 17.9 Å². The number of nitrogens with one attached hydrogen (secondary N) is 1. The second-order valence-electron chi connectivity index (χ2n) is 8.25. The number of aromatic nitrogens is 6. The van der Waals surface area contributed by atoms with E-state index in [1.807, 2.05) is 24.3 Å². The third kappa shape index (κ3) is 3.47. The van der Waals surface area contributed by atoms with Crippen LogP contribution < -0.4 is 10.3 Å². The maximum Gasteiger partial charge on any atom is 0.433 e. The molecule has 4 heterocycles. The summed E-state index contributed by atoms with van der Waals surface area (Å²) in [5.41, 5.74) is 0.241. The van der Waals surface area contributed by atoms with Crippen molar-refractivity contribution in [3.05, 3.63) is 88.6 Å². The molecule has 180 valence electrons. The normalized spacial score (nSPS) is 12.1. The number of aromatic amines is 1. The number of methoxy groups -OCH3 is 1. The predicted octanol–water partition coefficient (Wildman–Crippen LogP) is 4.69. The van der Waals surface area contributed by atoms with Gasteiger partial charge in [-0.25, -0.2) is 4.98 Å². The lowest BCUT2D eigenvalue weighted by molar-refractivity contribution is -0.141. The number of hydrogen-bond donors (Lipinski definition) is 1. The fourth-order valence-electron chi connectivity index (χ4n) is 4.34. The number of nitrogens with zero attached hydrogens (tertiary/aromatic N) is 5. The summed E-state index contributed by atoms with van der Waals surface area (Å²) in [6.07, 6.45) is -1.51. The molecule has 8 nitrogen and oxygen atoms in total. The first-order valence-corrected chi connectivity index (χ1v) is 10.9. The summed E-state index contributed by atoms with van der Waals surface area (Å²) >= 11 is 0. The molecule has 11 heteroatoms. The molecule has 6 aromatic rings. The first-order valence-electron chi connectivity index (χ1n) is 10.9. The van der Waals surface area contributed by atoms with Crippen LogP contribution in [0.4, 0.5) is 13.2 Å². The van der Waals surface area contributed by atoms with Gasteiger partial charge < -0.3 is 4.74 Å². The molecule has 0 aliphatic rings. The minimum Gasteiger partial charge on any atom is -0.497 e. The summed E-state index contributed by atoms with van der Waals surface area (Å²) in [7, 11) is 1.58. The Morgan fingerprint density at radius 2 is 1.81 bits per heavy atom. The fraction of sp³-hybridized carbons (Fsp3) is 0.120. The number of hydrogen-bond acceptors (Lipinski definition) is 5. The smallest absolute Gasteiger partial charge is 0.433 e. The van der Waals surface area contributed by atoms with Crippen LogP contribution in [0.5, 0.6) is 5.75 Å². The lowest BCUT2D eigenvalue weighted by Crippen LogP contribution is -2.21. The van der Waals surface area contributed by atoms with Gasteiger partial charge in [0.25, 0.3) is 5.56 Å². The first kappa shape index (κ1) is 21.8. The maximum atomic E-state index is 13.7. The molecule has 0 atom stereocenters. The molecular weight excluding hydrogens is 473 g/mol. The van der Waals surface area contributed by atoms with E-state index >= 15 is 0 Å². The van der Waals surface area contributed by atoms with Gasteiger partial charge in [0.2, 0.25) is 0 Å². The molecule has 0 aliphatic heterocycles. The zero-order valence-corrected chi connectivity index (χ0v) is 18.7. The van der Waals surface area contributed by atoms with E-state index in [0.717, 1.165) is 11.6 Å². The minimum absolute atomic E-state index is 0.111. The van der Waals surface area contributed by atoms with E-state index in [-0.39, 0.29) is 11.2 Å². The van der Waals surface area contributed by atoms with E-state index < -0.39 is 17.4 Å². The zero-order valence-electron chi connectivity index (χ0n) is 18.7. The topological polar surface area (TPSA) is 90.6 Å². The zero-order chi connectivity index (χ0) is 25.0. The van der Waals surface area contributed by atoms with Crippen molar-refractivity contribution in [1.29, 1.82) is 0 Å². The number of rotatable bonds is 4. The number of alkyl halides is 3. The van der Waals surface area contributed by atoms with Crippen LogP contribution in [-0.2, 0) is 12.7 Å². The van der Waals surface area contributed by atoms with Crippen molar-refractivity contribution in [3.63, 3.8) is 0 Å². The van der Waals surface area contributed by atoms with Crippen molar-refractivity contribution in [2.24, 2.45) is 0 Å². The van der Waals surface area contributed by atoms with Crippen LogP contribution >= 0.6 is 0 Å². The highest BCUT2D eigenvalue weighted by Crippen LogP contribution is 2.32. The Hall–Kier alpha value is -4.67. The van der Waals surface area contributed by atoms with E-state index in [0.29, 0.717) is 39.7 Å². The SMILES string of the molecule is COc1ccc(Cn2cc3c(n2)c(=O)n(-c2cccc4[nH]ncc24)c2nc(C(F)(F)F)ccc32)cc1. The maximum absolute atomic E-state index is 13.7. The van der Waals surface area contributed by atoms with Gasteiger partial charge in [-0.3, -0.25) is 19.1 Å². The van der Waals surface area contributed by atoms with Gasteiger partial charge >= 0.3 is 6.18 Å². The van der Waals surface area contributed by atoms with Crippen LogP contribution in [-0.4, -0.2) is 36.6 Å². The van der Waals surface area contributed by atoms with E-state index in [1.165, 1.54) is 16.8 Å². The number of halogens is 3. The first-order chi connectivity index (χ1) is 17.3. The van der Waals surface area contributed by atoms with Crippen molar-refractivity contribution in [1.82, 2.24) is 29.5 Å². The summed E-state index contributed by atoms with van der Waals surface area (Å²) in [6.45, 7) is 0.352. The van der Waals surface area contributed by atoms with Crippen LogP contribution in [0.15, 0.2) is 71.8 Å². The molecule has 36 heavy (non-hydrogen) atoms. The highest BCUT2D eigenvalue weighted by Gasteiger charge is 2.33. The molecule has 0 spiro atoms. The van der Waals surface area contributed by atoms with Gasteiger partial charge in [0.1, 0.15) is 17.1 Å². The predicted molar refractivity (Wildman–Crippen MR) is 127 cm³/mol. The average molecular weight is 490 g/mol. The van der Waals surface area contributed by atoms with Crippen LogP contribution in [0.1, 0.15) is 11.3 Å². The van der Waals surface area contributed by atoms with E-state index in [2.05, 4.69) is 20.3 Å². The molecule has 0 amide bonds. The highest BCUT2D eigenvalue weighted by atomic mass is 19.4. The van der Waals surface area contributed by atoms with Gasteiger partial charge in [-0.2, -0.15) is 23.4 Å². The fourth-order valence-corrected chi connectivity index (χ4v) is 4.34. The van der Waals surface area contributed by atoms with Crippen molar-refractivity contribution in [2.45, 2.75) is 12.7 Å². The molecule has 0 bridgehead atoms. The van der Waals surface area contributed by atoms with Crippen LogP contribution in [0, 0.1) is 0 Å². The van der Waals surface area contributed by atoms with Crippen molar-refractivity contribution in [3.8, 4) is 11.4 Å². The van der Waals surface area contributed by atoms with Crippen molar-refractivity contribution >= 4 is 32.8 Å². The van der Waals surface area contributed by atoms with Gasteiger partial charge in [-0.15, -0.1) is 0 Å². The van der Waals surface area contributed by atoms with Gasteiger partial charge in [-0.05, 0) is 42.0 Å². The number of fused-ring (bicyclic) bond motifs is 4. The van der Waals surface area contributed by atoms with Gasteiger partial charge in [0, 0.05) is 22.4 Å². The van der Waals surface area contributed by atoms with E-state index in [4.69, 9.17) is 4.74 Å². The Balaban J connectivity index is 1.63. The Morgan fingerprint density at radius 3 is 2.56 bits per heavy atom. The Morgan fingerprint density at radius 1 is 1.00 bits per heavy atom. The van der Waals surface area contributed by atoms with Gasteiger partial charge in [-0.1, -0.05) is 18.2 Å². The Bertz CT molecular complexity index is 1820. The summed E-state index contributed by atoms with van der Waals surface area (Å²) in [6, 6.07) is 14.7. The third-order valence-electron chi connectivity index (χ3n) is 6.04. The summed E-state index contributed by atoms with van der Waals surface area (Å²) in [5.74, 6) is 0.707. The standard InChI is InChI=1S/C25H17F3N6O2/c1-36-15-7-5-14(6-8-15)12-33-13-18-16-9-10-21(25(26,27)28)30-23(16)34(24(35)22(18)32-33)20-4-2-3-19-17(20)11-29-31-19/h2-11,13H,12H2,1H3,(H,29,31). The lowest BCUT2D eigenvalue weighted by atomic mass is 10.1. The summed E-state index contributed by atoms with van der Waals surface area (Å²) in [5, 5.41) is 12.7. The molecular formula is C25H17F3N6O2.